The van der Waals surface area contributed by atoms with Crippen LogP contribution in [-0.4, -0.2) is 22.6 Å². The fourth-order valence-electron chi connectivity index (χ4n) is 1.40. The van der Waals surface area contributed by atoms with Crippen LogP contribution in [-0.2, 0) is 0 Å². The van der Waals surface area contributed by atoms with Gasteiger partial charge in [-0.05, 0) is 19.1 Å². The lowest BCUT2D eigenvalue weighted by molar-refractivity contribution is 0.102. The number of benzene rings is 1. The van der Waals surface area contributed by atoms with Crippen LogP contribution in [0.4, 0.5) is 10.8 Å². The molecule has 1 aromatic carbocycles. The first-order valence-electron chi connectivity index (χ1n) is 5.62. The highest BCUT2D eigenvalue weighted by atomic mass is 32.1. The number of nitrogens with zero attached hydrogens (tertiary/aromatic N) is 3. The molecule has 2 aromatic rings. The summed E-state index contributed by atoms with van der Waals surface area (Å²) in [4.78, 5) is 12.0. The highest BCUT2D eigenvalue weighted by Crippen LogP contribution is 2.18. The quantitative estimate of drug-likeness (QED) is 0.890. The number of anilines is 2. The Bertz CT molecular complexity index is 631. The number of carbonyl (C=O) groups is 1. The minimum Gasteiger partial charge on any atom is -0.360 e. The Balaban J connectivity index is 2.14. The summed E-state index contributed by atoms with van der Waals surface area (Å²) in [5.74, 6) is -0.371. The molecule has 2 rings (SSSR count). The number of hydrogen-bond acceptors (Lipinski definition) is 6. The van der Waals surface area contributed by atoms with Crippen molar-refractivity contribution in [3.05, 3.63) is 34.8 Å². The zero-order valence-corrected chi connectivity index (χ0v) is 11.0. The van der Waals surface area contributed by atoms with Crippen LogP contribution in [0, 0.1) is 11.3 Å². The number of nitrogens with one attached hydrogen (secondary N) is 2. The van der Waals surface area contributed by atoms with E-state index in [1.807, 2.05) is 13.0 Å². The largest absolute Gasteiger partial charge is 0.360 e. The summed E-state index contributed by atoms with van der Waals surface area (Å²) in [6.45, 7) is 2.65. The molecule has 7 heteroatoms. The Morgan fingerprint density at radius 2 is 2.21 bits per heavy atom. The summed E-state index contributed by atoms with van der Waals surface area (Å²) < 4.78 is 0. The maximum absolute atomic E-state index is 12.0. The molecule has 0 unspecified atom stereocenters. The third-order valence-electron chi connectivity index (χ3n) is 2.24. The van der Waals surface area contributed by atoms with Crippen molar-refractivity contribution in [1.82, 2.24) is 10.2 Å². The molecule has 0 saturated heterocycles. The molecule has 0 spiro atoms. The van der Waals surface area contributed by atoms with Gasteiger partial charge in [0.1, 0.15) is 6.07 Å². The molecule has 19 heavy (non-hydrogen) atoms. The first kappa shape index (κ1) is 13.0. The Hall–Kier alpha value is -2.46. The molecular weight excluding hydrogens is 262 g/mol. The van der Waals surface area contributed by atoms with Crippen molar-refractivity contribution in [2.75, 3.05) is 17.2 Å². The van der Waals surface area contributed by atoms with Crippen LogP contribution in [0.25, 0.3) is 0 Å². The molecule has 6 nitrogen and oxygen atoms in total. The summed E-state index contributed by atoms with van der Waals surface area (Å²) in [5, 5.41) is 23.1. The maximum atomic E-state index is 12.0. The van der Waals surface area contributed by atoms with Crippen molar-refractivity contribution < 1.29 is 4.79 Å². The lowest BCUT2D eigenvalue weighted by atomic mass is 10.2. The molecule has 0 aliphatic heterocycles. The highest BCUT2D eigenvalue weighted by Gasteiger charge is 2.14. The van der Waals surface area contributed by atoms with Gasteiger partial charge in [-0.1, -0.05) is 23.5 Å². The molecule has 1 amide bonds. The van der Waals surface area contributed by atoms with Crippen LogP contribution in [0.2, 0.25) is 0 Å². The molecule has 96 valence electrons. The van der Waals surface area contributed by atoms with Gasteiger partial charge in [-0.15, -0.1) is 10.2 Å². The van der Waals surface area contributed by atoms with E-state index >= 15 is 0 Å². The van der Waals surface area contributed by atoms with E-state index in [0.29, 0.717) is 22.9 Å². The Morgan fingerprint density at radius 1 is 1.42 bits per heavy atom. The maximum Gasteiger partial charge on any atom is 0.286 e. The third kappa shape index (κ3) is 3.05. The summed E-state index contributed by atoms with van der Waals surface area (Å²) in [6, 6.07) is 8.82. The fraction of sp³-hybridized carbons (Fsp3) is 0.167. The molecule has 0 saturated carbocycles. The molecule has 0 aliphatic rings. The van der Waals surface area contributed by atoms with Gasteiger partial charge in [0.2, 0.25) is 10.1 Å². The molecule has 1 heterocycles. The molecule has 0 fully saturated rings. The van der Waals surface area contributed by atoms with Gasteiger partial charge in [-0.3, -0.25) is 4.79 Å². The first-order chi connectivity index (χ1) is 9.24. The minimum absolute atomic E-state index is 0.253. The number of carbonyl (C=O) groups excluding carboxylic acids is 1. The summed E-state index contributed by atoms with van der Waals surface area (Å²) in [5.41, 5.74) is 0.877. The SMILES string of the molecule is CCNc1nnc(C(=O)Nc2ccccc2C#N)s1. The van der Waals surface area contributed by atoms with Crippen molar-refractivity contribution in [3.8, 4) is 6.07 Å². The zero-order valence-electron chi connectivity index (χ0n) is 10.2. The summed E-state index contributed by atoms with van der Waals surface area (Å²) in [6.07, 6.45) is 0. The van der Waals surface area contributed by atoms with E-state index in [1.165, 1.54) is 11.3 Å². The molecule has 2 N–H and O–H groups in total. The lowest BCUT2D eigenvalue weighted by Gasteiger charge is -2.03. The van der Waals surface area contributed by atoms with Crippen LogP contribution in [0.1, 0.15) is 22.3 Å². The van der Waals surface area contributed by atoms with E-state index in [9.17, 15) is 4.79 Å². The van der Waals surface area contributed by atoms with Gasteiger partial charge < -0.3 is 10.6 Å². The van der Waals surface area contributed by atoms with Crippen LogP contribution >= 0.6 is 11.3 Å². The molecule has 1 aromatic heterocycles. The predicted octanol–water partition coefficient (Wildman–Crippen LogP) is 2.09. The molecule has 0 bridgehead atoms. The monoisotopic (exact) mass is 273 g/mol. The second-order valence-electron chi connectivity index (χ2n) is 3.55. The van der Waals surface area contributed by atoms with Gasteiger partial charge in [0.05, 0.1) is 11.3 Å². The van der Waals surface area contributed by atoms with Gasteiger partial charge in [0.25, 0.3) is 5.91 Å². The number of para-hydroxylation sites is 1. The number of rotatable bonds is 4. The zero-order chi connectivity index (χ0) is 13.7. The van der Waals surface area contributed by atoms with E-state index < -0.39 is 0 Å². The topological polar surface area (TPSA) is 90.7 Å². The van der Waals surface area contributed by atoms with Gasteiger partial charge in [0.15, 0.2) is 0 Å². The van der Waals surface area contributed by atoms with Gasteiger partial charge in [-0.2, -0.15) is 5.26 Å². The predicted molar refractivity (Wildman–Crippen MR) is 73.2 cm³/mol. The van der Waals surface area contributed by atoms with Crippen molar-refractivity contribution in [3.63, 3.8) is 0 Å². The van der Waals surface area contributed by atoms with Crippen LogP contribution in [0.15, 0.2) is 24.3 Å². The van der Waals surface area contributed by atoms with E-state index in [1.54, 1.807) is 24.3 Å². The van der Waals surface area contributed by atoms with Gasteiger partial charge >= 0.3 is 0 Å². The smallest absolute Gasteiger partial charge is 0.286 e. The fourth-order valence-corrected chi connectivity index (χ4v) is 2.11. The first-order valence-corrected chi connectivity index (χ1v) is 6.44. The van der Waals surface area contributed by atoms with E-state index in [2.05, 4.69) is 20.8 Å². The van der Waals surface area contributed by atoms with Gasteiger partial charge in [0, 0.05) is 6.54 Å². The molecule has 0 aliphatic carbocycles. The average Bonchev–Trinajstić information content (AvgIpc) is 2.88. The van der Waals surface area contributed by atoms with Crippen molar-refractivity contribution in [2.45, 2.75) is 6.92 Å². The van der Waals surface area contributed by atoms with E-state index in [-0.39, 0.29) is 10.9 Å². The lowest BCUT2D eigenvalue weighted by Crippen LogP contribution is -2.12. The Kier molecular flexibility index (Phi) is 4.05. The molecular formula is C12H11N5OS. The second-order valence-corrected chi connectivity index (χ2v) is 4.53. The number of nitriles is 1. The average molecular weight is 273 g/mol. The minimum atomic E-state index is -0.371. The Morgan fingerprint density at radius 3 is 2.95 bits per heavy atom. The van der Waals surface area contributed by atoms with Gasteiger partial charge in [-0.25, -0.2) is 0 Å². The van der Waals surface area contributed by atoms with Crippen LogP contribution in [0.3, 0.4) is 0 Å². The summed E-state index contributed by atoms with van der Waals surface area (Å²) >= 11 is 1.17. The number of hydrogen-bond donors (Lipinski definition) is 2. The molecule has 0 radical (unpaired) electrons. The normalized spacial score (nSPS) is 9.68. The number of amides is 1. The van der Waals surface area contributed by atoms with Crippen molar-refractivity contribution in [2.24, 2.45) is 0 Å². The highest BCUT2D eigenvalue weighted by molar-refractivity contribution is 7.17. The Labute approximate surface area is 114 Å². The third-order valence-corrected chi connectivity index (χ3v) is 3.12. The molecule has 0 atom stereocenters. The van der Waals surface area contributed by atoms with E-state index in [4.69, 9.17) is 5.26 Å². The van der Waals surface area contributed by atoms with Crippen molar-refractivity contribution >= 4 is 28.1 Å². The van der Waals surface area contributed by atoms with Crippen molar-refractivity contribution in [1.29, 1.82) is 5.26 Å². The standard InChI is InChI=1S/C12H11N5OS/c1-2-14-12-17-16-11(19-12)10(18)15-9-6-4-3-5-8(9)7-13/h3-6H,2H2,1H3,(H,14,17)(H,15,18). The second kappa shape index (κ2) is 5.93. The number of aromatic nitrogens is 2. The van der Waals surface area contributed by atoms with E-state index in [0.717, 1.165) is 0 Å². The summed E-state index contributed by atoms with van der Waals surface area (Å²) in [7, 11) is 0. The van der Waals surface area contributed by atoms with Crippen LogP contribution in [0.5, 0.6) is 0 Å². The van der Waals surface area contributed by atoms with Crippen LogP contribution < -0.4 is 10.6 Å².